The van der Waals surface area contributed by atoms with Gasteiger partial charge in [-0.2, -0.15) is 0 Å². The van der Waals surface area contributed by atoms with Gasteiger partial charge in [0.2, 0.25) is 0 Å². The lowest BCUT2D eigenvalue weighted by Gasteiger charge is -2.34. The normalized spacial score (nSPS) is 18.4. The molecule has 0 spiro atoms. The van der Waals surface area contributed by atoms with Crippen LogP contribution in [0.2, 0.25) is 0 Å². The molecule has 2 rings (SSSR count). The summed E-state index contributed by atoms with van der Waals surface area (Å²) in [6.07, 6.45) is 7.35. The Morgan fingerprint density at radius 1 is 1.15 bits per heavy atom. The Hall–Kier alpha value is -0.860. The van der Waals surface area contributed by atoms with Crippen molar-refractivity contribution >= 4 is 0 Å². The summed E-state index contributed by atoms with van der Waals surface area (Å²) in [5, 5.41) is 10.3. The fraction of sp³-hybridized carbons (Fsp3) is 0.667. The first-order valence-corrected chi connectivity index (χ1v) is 8.19. The van der Waals surface area contributed by atoms with Gasteiger partial charge >= 0.3 is 0 Å². The van der Waals surface area contributed by atoms with E-state index in [1.807, 2.05) is 0 Å². The molecule has 2 heteroatoms. The van der Waals surface area contributed by atoms with Crippen LogP contribution in [0.1, 0.15) is 62.7 Å². The zero-order valence-electron chi connectivity index (χ0n) is 13.0. The number of aliphatic hydroxyl groups excluding tert-OH is 1. The van der Waals surface area contributed by atoms with Crippen molar-refractivity contribution in [1.29, 1.82) is 0 Å². The fourth-order valence-corrected chi connectivity index (χ4v) is 3.29. The quantitative estimate of drug-likeness (QED) is 0.846. The van der Waals surface area contributed by atoms with Crippen molar-refractivity contribution in [2.24, 2.45) is 0 Å². The largest absolute Gasteiger partial charge is 0.388 e. The van der Waals surface area contributed by atoms with E-state index < -0.39 is 0 Å². The molecule has 0 amide bonds. The third-order valence-electron chi connectivity index (χ3n) is 4.65. The van der Waals surface area contributed by atoms with Crippen molar-refractivity contribution in [2.45, 2.75) is 64.5 Å². The molecule has 1 saturated carbocycles. The molecule has 0 aliphatic heterocycles. The highest BCUT2D eigenvalue weighted by Crippen LogP contribution is 2.24. The van der Waals surface area contributed by atoms with Crippen molar-refractivity contribution < 1.29 is 5.11 Å². The first kappa shape index (κ1) is 15.5. The summed E-state index contributed by atoms with van der Waals surface area (Å²) < 4.78 is 0. The van der Waals surface area contributed by atoms with Crippen LogP contribution in [0, 0.1) is 6.92 Å². The van der Waals surface area contributed by atoms with Crippen LogP contribution < -0.4 is 0 Å². The molecule has 0 radical (unpaired) electrons. The first-order chi connectivity index (χ1) is 9.70. The highest BCUT2D eigenvalue weighted by molar-refractivity contribution is 5.23. The SMILES string of the molecule is CCN(CCC(O)c1ccc(C)cc1)C1CCCCC1. The predicted molar refractivity (Wildman–Crippen MR) is 84.9 cm³/mol. The minimum absolute atomic E-state index is 0.326. The van der Waals surface area contributed by atoms with Crippen molar-refractivity contribution in [3.05, 3.63) is 35.4 Å². The van der Waals surface area contributed by atoms with Crippen LogP contribution in [0.4, 0.5) is 0 Å². The zero-order valence-corrected chi connectivity index (χ0v) is 13.0. The molecule has 2 nitrogen and oxygen atoms in total. The summed E-state index contributed by atoms with van der Waals surface area (Å²) in [7, 11) is 0. The lowest BCUT2D eigenvalue weighted by Crippen LogP contribution is -2.37. The molecule has 1 aliphatic rings. The topological polar surface area (TPSA) is 23.5 Å². The maximum Gasteiger partial charge on any atom is 0.0802 e. The van der Waals surface area contributed by atoms with Gasteiger partial charge in [0.25, 0.3) is 0 Å². The van der Waals surface area contributed by atoms with E-state index >= 15 is 0 Å². The Morgan fingerprint density at radius 3 is 2.40 bits per heavy atom. The van der Waals surface area contributed by atoms with Crippen LogP contribution in [0.3, 0.4) is 0 Å². The fourth-order valence-electron chi connectivity index (χ4n) is 3.29. The molecular weight excluding hydrogens is 246 g/mol. The Balaban J connectivity index is 1.84. The second-order valence-electron chi connectivity index (χ2n) is 6.14. The van der Waals surface area contributed by atoms with E-state index in [4.69, 9.17) is 0 Å². The molecule has 1 unspecified atom stereocenters. The number of benzene rings is 1. The van der Waals surface area contributed by atoms with Crippen LogP contribution >= 0.6 is 0 Å². The maximum atomic E-state index is 10.3. The van der Waals surface area contributed by atoms with Gasteiger partial charge in [0, 0.05) is 12.6 Å². The Bertz CT molecular complexity index is 381. The molecule has 1 aromatic rings. The molecule has 1 fully saturated rings. The second-order valence-corrected chi connectivity index (χ2v) is 6.14. The maximum absolute atomic E-state index is 10.3. The summed E-state index contributed by atoms with van der Waals surface area (Å²) in [6, 6.07) is 9.02. The molecular formula is C18H29NO. The van der Waals surface area contributed by atoms with Crippen LogP contribution in [-0.4, -0.2) is 29.1 Å². The van der Waals surface area contributed by atoms with Crippen LogP contribution in [0.5, 0.6) is 0 Å². The summed E-state index contributed by atoms with van der Waals surface area (Å²) in [5.41, 5.74) is 2.30. The van der Waals surface area contributed by atoms with Crippen LogP contribution in [0.25, 0.3) is 0 Å². The number of hydrogen-bond acceptors (Lipinski definition) is 2. The Morgan fingerprint density at radius 2 is 1.80 bits per heavy atom. The third-order valence-corrected chi connectivity index (χ3v) is 4.65. The number of rotatable bonds is 6. The van der Waals surface area contributed by atoms with Gasteiger partial charge in [-0.25, -0.2) is 0 Å². The third kappa shape index (κ3) is 4.32. The van der Waals surface area contributed by atoms with Gasteiger partial charge in [0.05, 0.1) is 6.10 Å². The van der Waals surface area contributed by atoms with E-state index in [2.05, 4.69) is 43.0 Å². The average molecular weight is 275 g/mol. The first-order valence-electron chi connectivity index (χ1n) is 8.19. The summed E-state index contributed by atoms with van der Waals surface area (Å²) in [6.45, 7) is 6.44. The summed E-state index contributed by atoms with van der Waals surface area (Å²) in [4.78, 5) is 2.57. The van der Waals surface area contributed by atoms with Crippen molar-refractivity contribution in [3.8, 4) is 0 Å². The van der Waals surface area contributed by atoms with Crippen molar-refractivity contribution in [2.75, 3.05) is 13.1 Å². The molecule has 20 heavy (non-hydrogen) atoms. The number of aliphatic hydroxyl groups is 1. The van der Waals surface area contributed by atoms with Gasteiger partial charge in [-0.15, -0.1) is 0 Å². The van der Waals surface area contributed by atoms with E-state index in [1.165, 1.54) is 37.7 Å². The zero-order chi connectivity index (χ0) is 14.4. The predicted octanol–water partition coefficient (Wildman–Crippen LogP) is 4.07. The molecule has 112 valence electrons. The van der Waals surface area contributed by atoms with E-state index in [0.717, 1.165) is 31.1 Å². The van der Waals surface area contributed by atoms with E-state index in [9.17, 15) is 5.11 Å². The van der Waals surface area contributed by atoms with Gasteiger partial charge in [0.1, 0.15) is 0 Å². The van der Waals surface area contributed by atoms with Gasteiger partial charge in [0.15, 0.2) is 0 Å². The van der Waals surface area contributed by atoms with E-state index in [0.29, 0.717) is 0 Å². The molecule has 1 atom stereocenters. The lowest BCUT2D eigenvalue weighted by molar-refractivity contribution is 0.112. The standard InChI is InChI=1S/C18H29NO/c1-3-19(17-7-5-4-6-8-17)14-13-18(20)16-11-9-15(2)10-12-16/h9-12,17-18,20H,3-8,13-14H2,1-2H3. The monoisotopic (exact) mass is 275 g/mol. The van der Waals surface area contributed by atoms with Crippen LogP contribution in [-0.2, 0) is 0 Å². The van der Waals surface area contributed by atoms with Gasteiger partial charge in [-0.1, -0.05) is 56.0 Å². The van der Waals surface area contributed by atoms with Crippen LogP contribution in [0.15, 0.2) is 24.3 Å². The minimum Gasteiger partial charge on any atom is -0.388 e. The smallest absolute Gasteiger partial charge is 0.0802 e. The second kappa shape index (κ2) is 7.80. The minimum atomic E-state index is -0.326. The number of hydrogen-bond donors (Lipinski definition) is 1. The summed E-state index contributed by atoms with van der Waals surface area (Å²) >= 11 is 0. The molecule has 1 aliphatic carbocycles. The van der Waals surface area contributed by atoms with E-state index in [-0.39, 0.29) is 6.10 Å². The molecule has 1 N–H and O–H groups in total. The van der Waals surface area contributed by atoms with Gasteiger partial charge in [-0.05, 0) is 38.3 Å². The number of nitrogens with zero attached hydrogens (tertiary/aromatic N) is 1. The molecule has 1 aromatic carbocycles. The van der Waals surface area contributed by atoms with Crippen molar-refractivity contribution in [3.63, 3.8) is 0 Å². The highest BCUT2D eigenvalue weighted by atomic mass is 16.3. The van der Waals surface area contributed by atoms with Gasteiger partial charge < -0.3 is 10.0 Å². The average Bonchev–Trinajstić information content (AvgIpc) is 2.49. The molecule has 0 bridgehead atoms. The number of aryl methyl sites for hydroxylation is 1. The highest BCUT2D eigenvalue weighted by Gasteiger charge is 2.20. The molecule has 0 aromatic heterocycles. The summed E-state index contributed by atoms with van der Waals surface area (Å²) in [5.74, 6) is 0. The lowest BCUT2D eigenvalue weighted by atomic mass is 9.94. The molecule has 0 saturated heterocycles. The Kier molecular flexibility index (Phi) is 6.06. The van der Waals surface area contributed by atoms with Gasteiger partial charge in [-0.3, -0.25) is 0 Å². The van der Waals surface area contributed by atoms with E-state index in [1.54, 1.807) is 0 Å². The molecule has 0 heterocycles. The Labute approximate surface area is 123 Å². The van der Waals surface area contributed by atoms with Crippen molar-refractivity contribution in [1.82, 2.24) is 4.90 Å².